The number of anilines is 1. The highest BCUT2D eigenvalue weighted by Gasteiger charge is 2.20. The number of carbonyl (C=O) groups is 2. The lowest BCUT2D eigenvalue weighted by Crippen LogP contribution is -2.35. The lowest BCUT2D eigenvalue weighted by molar-refractivity contribution is -0.134. The third-order valence-corrected chi connectivity index (χ3v) is 6.42. The van der Waals surface area contributed by atoms with E-state index >= 15 is 0 Å². The summed E-state index contributed by atoms with van der Waals surface area (Å²) in [6.45, 7) is 3.55. The average molecular weight is 500 g/mol. The number of nitrogens with two attached hydrogens (primary N) is 1. The predicted octanol–water partition coefficient (Wildman–Crippen LogP) is 4.66. The number of likely N-dealkylation sites (tertiary alicyclic amines) is 1. The maximum atomic E-state index is 9.55. The number of hydrogen-bond acceptors (Lipinski definition) is 6. The van der Waals surface area contributed by atoms with Gasteiger partial charge in [0.2, 0.25) is 0 Å². The lowest BCUT2D eigenvalue weighted by Gasteiger charge is -2.31. The molecule has 0 atom stereocenters. The van der Waals surface area contributed by atoms with Crippen molar-refractivity contribution >= 4 is 40.2 Å². The number of rotatable bonds is 8. The molecule has 2 aromatic carbocycles. The first kappa shape index (κ1) is 26.2. The number of carboxylic acids is 2. The van der Waals surface area contributed by atoms with Crippen LogP contribution in [0.4, 0.5) is 5.69 Å². The number of carboxylic acid groups (broad SMARTS) is 2. The maximum absolute atomic E-state index is 9.55. The highest BCUT2D eigenvalue weighted by molar-refractivity contribution is 6.33. The fraction of sp³-hybridized carbons (Fsp3) is 0.346. The Morgan fingerprint density at radius 2 is 1.74 bits per heavy atom. The molecule has 4 rings (SSSR count). The van der Waals surface area contributed by atoms with Crippen molar-refractivity contribution in [2.45, 2.75) is 32.1 Å². The summed E-state index contributed by atoms with van der Waals surface area (Å²) in [7, 11) is 0. The molecule has 0 aliphatic carbocycles. The summed E-state index contributed by atoms with van der Waals surface area (Å²) in [5.41, 5.74) is 9.52. The van der Waals surface area contributed by atoms with Gasteiger partial charge in [0.1, 0.15) is 0 Å². The summed E-state index contributed by atoms with van der Waals surface area (Å²) in [6.07, 6.45) is 6.86. The van der Waals surface area contributed by atoms with Crippen LogP contribution >= 0.6 is 11.6 Å². The minimum atomic E-state index is -1.26. The third-order valence-electron chi connectivity index (χ3n) is 6.09. The summed E-state index contributed by atoms with van der Waals surface area (Å²) >= 11 is 6.16. The van der Waals surface area contributed by atoms with E-state index in [1.807, 2.05) is 6.07 Å². The van der Waals surface area contributed by atoms with Gasteiger partial charge in [0.05, 0.1) is 16.4 Å². The molecule has 0 saturated carbocycles. The summed E-state index contributed by atoms with van der Waals surface area (Å²) in [5.74, 6) is -1.76. The molecule has 186 valence electrons. The van der Waals surface area contributed by atoms with Crippen LogP contribution in [0, 0.1) is 5.92 Å². The number of hydrogen-bond donors (Lipinski definition) is 3. The van der Waals surface area contributed by atoms with Crippen LogP contribution < -0.4 is 5.73 Å². The molecule has 0 unspecified atom stereocenters. The Morgan fingerprint density at radius 3 is 2.37 bits per heavy atom. The smallest absolute Gasteiger partial charge is 0.328 e. The molecule has 2 heterocycles. The minimum absolute atomic E-state index is 0.537. The number of benzene rings is 2. The van der Waals surface area contributed by atoms with Crippen LogP contribution in [0.5, 0.6) is 0 Å². The summed E-state index contributed by atoms with van der Waals surface area (Å²) in [4.78, 5) is 21.7. The van der Waals surface area contributed by atoms with Gasteiger partial charge in [-0.3, -0.25) is 0 Å². The molecule has 0 amide bonds. The summed E-state index contributed by atoms with van der Waals surface area (Å²) < 4.78 is 5.42. The molecule has 1 fully saturated rings. The van der Waals surface area contributed by atoms with Gasteiger partial charge in [0, 0.05) is 30.1 Å². The Bertz CT molecular complexity index is 1140. The van der Waals surface area contributed by atoms with E-state index in [9.17, 15) is 9.59 Å². The van der Waals surface area contributed by atoms with Crippen molar-refractivity contribution in [3.63, 3.8) is 0 Å². The quantitative estimate of drug-likeness (QED) is 0.301. The van der Waals surface area contributed by atoms with Crippen molar-refractivity contribution in [1.82, 2.24) is 10.1 Å². The molecule has 1 aliphatic rings. The molecule has 35 heavy (non-hydrogen) atoms. The molecule has 4 N–H and O–H groups in total. The highest BCUT2D eigenvalue weighted by Crippen LogP contribution is 2.30. The molecular weight excluding hydrogens is 470 g/mol. The normalized spacial score (nSPS) is 14.7. The van der Waals surface area contributed by atoms with E-state index < -0.39 is 11.9 Å². The SMILES string of the molecule is Nc1cc2onc(CCC3CCN(CCc4ccccc4)CC3)c2cc1Cl.O=C(O)C=CC(=O)O. The lowest BCUT2D eigenvalue weighted by atomic mass is 9.91. The first-order valence-corrected chi connectivity index (χ1v) is 11.9. The fourth-order valence-electron chi connectivity index (χ4n) is 4.12. The number of halogens is 1. The summed E-state index contributed by atoms with van der Waals surface area (Å²) in [6, 6.07) is 14.4. The number of nitrogen functional groups attached to an aromatic ring is 1. The van der Waals surface area contributed by atoms with E-state index in [0.29, 0.717) is 22.9 Å². The van der Waals surface area contributed by atoms with Gasteiger partial charge in [-0.05, 0) is 62.7 Å². The number of fused-ring (bicyclic) bond motifs is 1. The standard InChI is InChI=1S/C22H26ClN3O.C4H4O4/c23-19-14-18-21(25-27-22(18)15-20(19)24)7-6-17-9-12-26(13-10-17)11-8-16-4-2-1-3-5-16;5-3(6)1-2-4(7)8/h1-5,14-15,17H,6-13,24H2;1-2H,(H,5,6)(H,7,8). The number of aromatic nitrogens is 1. The van der Waals surface area contributed by atoms with E-state index in [2.05, 4.69) is 40.4 Å². The van der Waals surface area contributed by atoms with Crippen molar-refractivity contribution in [3.05, 3.63) is 70.9 Å². The molecule has 0 bridgehead atoms. The number of aliphatic carboxylic acids is 2. The zero-order valence-corrected chi connectivity index (χ0v) is 20.2. The van der Waals surface area contributed by atoms with Gasteiger partial charge in [-0.25, -0.2) is 9.59 Å². The molecule has 0 radical (unpaired) electrons. The van der Waals surface area contributed by atoms with Gasteiger partial charge in [-0.2, -0.15) is 0 Å². The zero-order valence-electron chi connectivity index (χ0n) is 19.4. The Morgan fingerprint density at radius 1 is 1.09 bits per heavy atom. The number of aryl methyl sites for hydroxylation is 1. The molecule has 0 spiro atoms. The van der Waals surface area contributed by atoms with Crippen LogP contribution in [0.1, 0.15) is 30.5 Å². The van der Waals surface area contributed by atoms with Gasteiger partial charge in [0.15, 0.2) is 5.58 Å². The molecular formula is C26H30ClN3O5. The van der Waals surface area contributed by atoms with Crippen LogP contribution in [0.2, 0.25) is 5.02 Å². The van der Waals surface area contributed by atoms with Crippen LogP contribution in [-0.2, 0) is 22.4 Å². The molecule has 3 aromatic rings. The zero-order chi connectivity index (χ0) is 25.2. The first-order chi connectivity index (χ1) is 16.8. The second-order valence-corrected chi connectivity index (χ2v) is 8.98. The molecule has 1 saturated heterocycles. The second-order valence-electron chi connectivity index (χ2n) is 8.57. The minimum Gasteiger partial charge on any atom is -0.478 e. The Kier molecular flexibility index (Phi) is 9.69. The monoisotopic (exact) mass is 499 g/mol. The van der Waals surface area contributed by atoms with Crippen LogP contribution in [-0.4, -0.2) is 51.8 Å². The van der Waals surface area contributed by atoms with Crippen LogP contribution in [0.25, 0.3) is 11.0 Å². The topological polar surface area (TPSA) is 130 Å². The predicted molar refractivity (Wildman–Crippen MR) is 135 cm³/mol. The van der Waals surface area contributed by atoms with E-state index in [4.69, 9.17) is 32.1 Å². The van der Waals surface area contributed by atoms with E-state index in [-0.39, 0.29) is 0 Å². The number of piperidine rings is 1. The second kappa shape index (κ2) is 12.9. The van der Waals surface area contributed by atoms with E-state index in [1.54, 1.807) is 6.07 Å². The van der Waals surface area contributed by atoms with Gasteiger partial charge in [-0.1, -0.05) is 47.1 Å². The molecule has 1 aliphatic heterocycles. The Balaban J connectivity index is 0.000000371. The molecule has 1 aromatic heterocycles. The van der Waals surface area contributed by atoms with Crippen LogP contribution in [0.3, 0.4) is 0 Å². The fourth-order valence-corrected chi connectivity index (χ4v) is 4.28. The van der Waals surface area contributed by atoms with E-state index in [0.717, 1.165) is 48.4 Å². The van der Waals surface area contributed by atoms with Gasteiger partial charge in [0.25, 0.3) is 0 Å². The van der Waals surface area contributed by atoms with Gasteiger partial charge in [-0.15, -0.1) is 0 Å². The van der Waals surface area contributed by atoms with E-state index in [1.165, 1.54) is 31.5 Å². The largest absolute Gasteiger partial charge is 0.478 e. The van der Waals surface area contributed by atoms with Crippen molar-refractivity contribution in [1.29, 1.82) is 0 Å². The third kappa shape index (κ3) is 8.42. The van der Waals surface area contributed by atoms with Crippen LogP contribution in [0.15, 0.2) is 59.1 Å². The van der Waals surface area contributed by atoms with Crippen molar-refractivity contribution in [2.24, 2.45) is 5.92 Å². The van der Waals surface area contributed by atoms with Crippen molar-refractivity contribution < 1.29 is 24.3 Å². The Labute approximate surface area is 209 Å². The average Bonchev–Trinajstić information content (AvgIpc) is 3.23. The highest BCUT2D eigenvalue weighted by atomic mass is 35.5. The molecule has 8 nitrogen and oxygen atoms in total. The van der Waals surface area contributed by atoms with Gasteiger partial charge < -0.3 is 25.4 Å². The molecule has 9 heteroatoms. The Hall–Kier alpha value is -3.36. The van der Waals surface area contributed by atoms with Crippen molar-refractivity contribution in [2.75, 3.05) is 25.4 Å². The first-order valence-electron chi connectivity index (χ1n) is 11.6. The maximum Gasteiger partial charge on any atom is 0.328 e. The summed E-state index contributed by atoms with van der Waals surface area (Å²) in [5, 5.41) is 21.4. The number of nitrogens with zero attached hydrogens (tertiary/aromatic N) is 2. The van der Waals surface area contributed by atoms with Gasteiger partial charge >= 0.3 is 11.9 Å². The van der Waals surface area contributed by atoms with Crippen molar-refractivity contribution in [3.8, 4) is 0 Å².